The summed E-state index contributed by atoms with van der Waals surface area (Å²) in [5.41, 5.74) is 20.6. The van der Waals surface area contributed by atoms with E-state index in [1.54, 1.807) is 258 Å². The van der Waals surface area contributed by atoms with Gasteiger partial charge in [0.05, 0.1) is 52.5 Å². The number of H-pyrrole nitrogens is 2. The first-order chi connectivity index (χ1) is 63.9. The zero-order chi connectivity index (χ0) is 98.3. The number of hydrogen-bond acceptors (Lipinski definition) is 22. The van der Waals surface area contributed by atoms with E-state index in [0.29, 0.717) is 158 Å². The quantitative estimate of drug-likeness (QED) is 0.00381. The van der Waals surface area contributed by atoms with E-state index in [-0.39, 0.29) is 34.9 Å². The van der Waals surface area contributed by atoms with Gasteiger partial charge in [-0.2, -0.15) is 20.7 Å². The summed E-state index contributed by atoms with van der Waals surface area (Å²) in [6, 6.07) is 75.8. The summed E-state index contributed by atoms with van der Waals surface area (Å²) in [7, 11) is -1.41. The molecule has 0 aliphatic rings. The Bertz CT molecular complexity index is 6270. The molecule has 39 heteroatoms. The summed E-state index contributed by atoms with van der Waals surface area (Å²) in [5, 5.41) is 59.7. The molecule has 0 saturated carbocycles. The van der Waals surface area contributed by atoms with Crippen LogP contribution in [0.2, 0.25) is 60.3 Å². The Hall–Kier alpha value is -11.8. The van der Waals surface area contributed by atoms with Crippen LogP contribution in [0.4, 0.5) is 0 Å². The van der Waals surface area contributed by atoms with Crippen molar-refractivity contribution < 1.29 is 67.4 Å². The van der Waals surface area contributed by atoms with E-state index in [1.165, 1.54) is 47.8 Å². The van der Waals surface area contributed by atoms with Gasteiger partial charge in [-0.15, -0.1) is 22.9 Å². The first-order valence-corrected chi connectivity index (χ1v) is 44.8. The Morgan fingerprint density at radius 2 is 0.866 bits per heavy atom. The standard InChI is InChI=1S/C20H17Cl2N3O3.C14H9Cl2N3O.C14H13Cl2NOS.C13H9Cl2NOS.C13H7Cl2NO.C7H4ClNO.C6H6BClO2.C6H8O2.C2H5NO/c1-13(2)27-19(26)7-8-25-12-23-20(24-25)14-9-16(22)11-18(10-14)28-17-5-3-15(21)4-6-17;15-10-1-3-12(4-2-10)20-13-6-9(5-11(16)7-13)14-17-8-18-19-14;1-19-14(17)9-6-11(16)8-13(7-9)18-12-4-2-10(15)3-5-12;14-9-1-3-11(4-2-9)17-12-6-8(13(16)18)5-10(15)7-12;14-10-1-3-12(4-2-10)17-13-6-9(8-16)5-11(15)7-13;8-6-1-5(4-9)2-7(10)3-6;8-6-3-1-5(2-4-6)7(9)10;1-4-6(7)8-5(2)3;3-1-2-4/h3-13H,1-2H3;1-8H,(H,17,18,19);2-8,14H,17H2,1H3;1-7H,(H2,16,18);1-7H;1-3,10H;1-4,9-10H;1,5H,2-3H3;2H,1,3H2/p+1/b8-7-;;;;;;;;. The zero-order valence-corrected chi connectivity index (χ0v) is 81.6. The molecule has 0 spiro atoms. The third kappa shape index (κ3) is 43.5. The van der Waals surface area contributed by atoms with E-state index in [2.05, 4.69) is 35.7 Å². The van der Waals surface area contributed by atoms with E-state index in [4.69, 9.17) is 228 Å². The molecule has 14 rings (SSSR count). The molecular formula is C95H79BCl12N11O13S2+. The number of aromatic hydroxyl groups is 1. The zero-order valence-electron chi connectivity index (χ0n) is 70.9. The van der Waals surface area contributed by atoms with Crippen LogP contribution in [0, 0.1) is 35.0 Å². The molecular weight excluding hydrogens is 2000 g/mol. The van der Waals surface area contributed by atoms with Crippen LogP contribution in [0.3, 0.4) is 0 Å². The van der Waals surface area contributed by atoms with Gasteiger partial charge in [0.1, 0.15) is 87.0 Å². The highest BCUT2D eigenvalue weighted by atomic mass is 35.5. The number of phenols is 1. The SMILES string of the molecule is C#CC(=O)OC(C)C.CC(C)OC(=O)/C=C\[n+]1cnc(-c2cc(Cl)cc(Oc3ccc(Cl)cc3)c2)[nH]1.CSC(N)c1cc(Cl)cc(Oc2ccc(Cl)cc2)c1.Clc1ccc(Oc2cc(Cl)cc(-c3ncn[nH]3)c2)cc1.N#Cc1cc(Cl)cc(Oc2ccc(Cl)cc2)c1.N#Cc1cc(O)cc(Cl)c1.NC(=S)c1cc(Cl)cc(Oc2ccc(Cl)cc2)c1.NCC=O.OB(O)c1ccc(Cl)cc1. The van der Waals surface area contributed by atoms with Crippen LogP contribution in [0.15, 0.2) is 274 Å². The Labute approximate surface area is 842 Å². The number of aromatic amines is 2. The van der Waals surface area contributed by atoms with Crippen molar-refractivity contribution >= 4 is 205 Å². The number of aldehydes is 1. The number of rotatable bonds is 21. The van der Waals surface area contributed by atoms with Crippen LogP contribution in [-0.2, 0) is 23.9 Å². The van der Waals surface area contributed by atoms with Crippen LogP contribution in [0.1, 0.15) is 55.3 Å². The number of halogens is 12. The fourth-order valence-electron chi connectivity index (χ4n) is 9.90. The van der Waals surface area contributed by atoms with Crippen molar-refractivity contribution in [1.29, 1.82) is 10.5 Å². The molecule has 0 fully saturated rings. The summed E-state index contributed by atoms with van der Waals surface area (Å²) < 4.78 is 39.6. The maximum absolute atomic E-state index is 11.6. The van der Waals surface area contributed by atoms with Crippen molar-refractivity contribution in [3.8, 4) is 111 Å². The van der Waals surface area contributed by atoms with Crippen molar-refractivity contribution in [2.45, 2.75) is 45.3 Å². The lowest BCUT2D eigenvalue weighted by atomic mass is 9.81. The van der Waals surface area contributed by atoms with E-state index in [0.717, 1.165) is 16.7 Å². The number of ether oxygens (including phenoxy) is 7. The second-order valence-corrected chi connectivity index (χ2v) is 33.5. The number of esters is 2. The number of nitrogens with one attached hydrogen (secondary N) is 2. The molecule has 2 aromatic heterocycles. The molecule has 14 aromatic rings. The van der Waals surface area contributed by atoms with Gasteiger partial charge in [-0.25, -0.2) is 14.6 Å². The third-order valence-corrected chi connectivity index (χ3v) is 19.4. The molecule has 690 valence electrons. The van der Waals surface area contributed by atoms with Crippen molar-refractivity contribution in [2.75, 3.05) is 12.8 Å². The molecule has 134 heavy (non-hydrogen) atoms. The second-order valence-electron chi connectivity index (χ2n) is 26.8. The lowest BCUT2D eigenvalue weighted by molar-refractivity contribution is -0.630. The average molecular weight is 2080 g/mol. The minimum atomic E-state index is -1.41. The number of thiocarbonyl (C=S) groups is 1. The normalized spacial score (nSPS) is 10.3. The highest BCUT2D eigenvalue weighted by molar-refractivity contribution is 7.98. The van der Waals surface area contributed by atoms with Crippen LogP contribution in [0.25, 0.3) is 29.0 Å². The molecule has 0 bridgehead atoms. The summed E-state index contributed by atoms with van der Waals surface area (Å²) in [5.74, 6) is 8.28. The van der Waals surface area contributed by atoms with Gasteiger partial charge in [0.2, 0.25) is 0 Å². The van der Waals surface area contributed by atoms with E-state index in [9.17, 15) is 9.59 Å². The number of nitriles is 2. The highest BCUT2D eigenvalue weighted by Gasteiger charge is 2.17. The van der Waals surface area contributed by atoms with Crippen LogP contribution < -0.4 is 51.0 Å². The van der Waals surface area contributed by atoms with Gasteiger partial charge in [0.15, 0.2) is 5.82 Å². The number of carbonyl (C=O) groups excluding carboxylic acids is 3. The van der Waals surface area contributed by atoms with Crippen molar-refractivity contribution in [3.63, 3.8) is 0 Å². The number of nitrogens with zero attached hydrogens (tertiary/aromatic N) is 6. The predicted octanol–water partition coefficient (Wildman–Crippen LogP) is 25.3. The van der Waals surface area contributed by atoms with E-state index < -0.39 is 19.1 Å². The number of phenolic OH excluding ortho intramolecular Hbond substituents is 1. The van der Waals surface area contributed by atoms with Crippen LogP contribution in [-0.4, -0.2) is 95.8 Å². The number of terminal acetylenes is 1. The molecule has 12 aromatic carbocycles. The summed E-state index contributed by atoms with van der Waals surface area (Å²) in [6.45, 7) is 7.20. The molecule has 2 heterocycles. The molecule has 0 saturated heterocycles. The number of nitrogens with two attached hydrogens (primary N) is 3. The summed E-state index contributed by atoms with van der Waals surface area (Å²) in [6.07, 6.45) is 12.8. The van der Waals surface area contributed by atoms with Gasteiger partial charge in [-0.1, -0.05) is 164 Å². The van der Waals surface area contributed by atoms with E-state index >= 15 is 0 Å². The molecule has 11 N–H and O–H groups in total. The molecule has 1 unspecified atom stereocenters. The number of aromatic nitrogens is 6. The summed E-state index contributed by atoms with van der Waals surface area (Å²) >= 11 is 76.9. The first-order valence-electron chi connectivity index (χ1n) is 38.6. The lowest BCUT2D eigenvalue weighted by Crippen LogP contribution is -2.29. The average Bonchev–Trinajstić information content (AvgIpc) is 1.60. The predicted molar refractivity (Wildman–Crippen MR) is 540 cm³/mol. The molecule has 0 amide bonds. The van der Waals surface area contributed by atoms with Gasteiger partial charge in [0.25, 0.3) is 5.82 Å². The smallest absolute Gasteiger partial charge is 0.488 e. The topological polar surface area (TPSA) is 376 Å². The Morgan fingerprint density at radius 3 is 1.22 bits per heavy atom. The Kier molecular flexibility index (Phi) is 48.9. The molecule has 0 radical (unpaired) electrons. The maximum Gasteiger partial charge on any atom is 0.488 e. The number of hydrogen-bond donors (Lipinski definition) is 8. The largest absolute Gasteiger partial charge is 0.508 e. The fourth-order valence-corrected chi connectivity index (χ4v) is 12.5. The Morgan fingerprint density at radius 1 is 0.500 bits per heavy atom. The lowest BCUT2D eigenvalue weighted by Gasteiger charge is -2.12. The highest BCUT2D eigenvalue weighted by Crippen LogP contribution is 2.36. The minimum absolute atomic E-state index is 0.0176. The van der Waals surface area contributed by atoms with Crippen LogP contribution >= 0.6 is 163 Å². The van der Waals surface area contributed by atoms with Gasteiger partial charge >= 0.3 is 25.4 Å². The number of carbonyl (C=O) groups is 3. The monoisotopic (exact) mass is 2080 g/mol. The minimum Gasteiger partial charge on any atom is -0.508 e. The van der Waals surface area contributed by atoms with Crippen molar-refractivity contribution in [2.24, 2.45) is 17.2 Å². The number of benzene rings is 12. The molecule has 0 aliphatic carbocycles. The van der Waals surface area contributed by atoms with Crippen LogP contribution in [0.5, 0.6) is 63.2 Å². The maximum atomic E-state index is 11.6. The molecule has 1 atom stereocenters. The molecule has 0 aliphatic heterocycles. The second kappa shape index (κ2) is 59.1. The van der Waals surface area contributed by atoms with Gasteiger partial charge in [-0.05, 0) is 293 Å². The van der Waals surface area contributed by atoms with E-state index in [1.807, 2.05) is 42.5 Å². The van der Waals surface area contributed by atoms with Crippen molar-refractivity contribution in [1.82, 2.24) is 25.3 Å². The van der Waals surface area contributed by atoms with Crippen molar-refractivity contribution in [3.05, 3.63) is 356 Å². The third-order valence-electron chi connectivity index (χ3n) is 15.6. The summed E-state index contributed by atoms with van der Waals surface area (Å²) in [4.78, 5) is 39.5. The van der Waals surface area contributed by atoms with Gasteiger partial charge in [-0.3, -0.25) is 5.10 Å². The molecule has 24 nitrogen and oxygen atoms in total. The fraction of sp³-hybridized carbons (Fsp3) is 0.0947. The van der Waals surface area contributed by atoms with Gasteiger partial charge < -0.3 is 70.3 Å². The van der Waals surface area contributed by atoms with Gasteiger partial charge in [0, 0.05) is 83.9 Å². The Balaban J connectivity index is 0.000000240. The first kappa shape index (κ1) is 111. The number of thioether (sulfide) groups is 1.